The highest BCUT2D eigenvalue weighted by Crippen LogP contribution is 2.04. The highest BCUT2D eigenvalue weighted by Gasteiger charge is 1.93. The Morgan fingerprint density at radius 3 is 2.80 bits per heavy atom. The van der Waals surface area contributed by atoms with E-state index in [4.69, 9.17) is 0 Å². The van der Waals surface area contributed by atoms with Crippen molar-refractivity contribution >= 4 is 6.29 Å². The van der Waals surface area contributed by atoms with Crippen LogP contribution >= 0.6 is 0 Å². The molecule has 1 heteroatoms. The van der Waals surface area contributed by atoms with E-state index in [2.05, 4.69) is 18.8 Å². The summed E-state index contributed by atoms with van der Waals surface area (Å²) in [6.45, 7) is 4.20. The van der Waals surface area contributed by atoms with Crippen LogP contribution in [-0.2, 0) is 4.79 Å². The number of hydrogen-bond acceptors (Lipinski definition) is 1. The number of rotatable bonds is 3. The highest BCUT2D eigenvalue weighted by atomic mass is 16.1. The van der Waals surface area contributed by atoms with E-state index in [1.54, 1.807) is 0 Å². The topological polar surface area (TPSA) is 17.1 Å². The summed E-state index contributed by atoms with van der Waals surface area (Å²) < 4.78 is 0. The van der Waals surface area contributed by atoms with E-state index in [-0.39, 0.29) is 0 Å². The van der Waals surface area contributed by atoms with Crippen molar-refractivity contribution in [2.45, 2.75) is 33.1 Å². The van der Waals surface area contributed by atoms with Crippen LogP contribution in [-0.4, -0.2) is 6.29 Å². The first kappa shape index (κ1) is 9.23. The van der Waals surface area contributed by atoms with Gasteiger partial charge in [0.05, 0.1) is 0 Å². The summed E-state index contributed by atoms with van der Waals surface area (Å²) >= 11 is 0. The summed E-state index contributed by atoms with van der Waals surface area (Å²) in [5.41, 5.74) is 0. The molecule has 56 valence electrons. The number of hydrogen-bond donors (Lipinski definition) is 0. The molecular weight excluding hydrogens is 124 g/mol. The predicted molar refractivity (Wildman–Crippen MR) is 42.5 cm³/mol. The largest absolute Gasteiger partial charge is 0.289 e. The molecule has 0 bridgehead atoms. The van der Waals surface area contributed by atoms with E-state index >= 15 is 0 Å². The molecule has 0 aromatic heterocycles. The molecule has 0 rings (SSSR count). The molecule has 0 heterocycles. The Kier molecular flexibility index (Phi) is 5.86. The van der Waals surface area contributed by atoms with Gasteiger partial charge in [-0.2, -0.15) is 0 Å². The van der Waals surface area contributed by atoms with Crippen molar-refractivity contribution in [3.05, 3.63) is 0 Å². The van der Waals surface area contributed by atoms with Crippen molar-refractivity contribution in [2.75, 3.05) is 0 Å². The molecule has 1 nitrogen and oxygen atoms in total. The Balaban J connectivity index is 3.42. The average molecular weight is 138 g/mol. The summed E-state index contributed by atoms with van der Waals surface area (Å²) in [4.78, 5) is 9.81. The third-order valence-electron chi connectivity index (χ3n) is 1.38. The van der Waals surface area contributed by atoms with Crippen molar-refractivity contribution in [1.82, 2.24) is 0 Å². The van der Waals surface area contributed by atoms with Crippen LogP contribution in [0.5, 0.6) is 0 Å². The van der Waals surface area contributed by atoms with E-state index in [1.807, 2.05) is 6.92 Å². The standard InChI is InChI=1S/C9H14O/c1-3-4-6-9(2)7-5-8-10/h8-9H,3-4,6H2,1-2H3. The lowest BCUT2D eigenvalue weighted by Crippen LogP contribution is -1.89. The van der Waals surface area contributed by atoms with Gasteiger partial charge in [0, 0.05) is 5.92 Å². The number of carbonyl (C=O) groups excluding carboxylic acids is 1. The minimum atomic E-state index is 0.380. The number of aldehydes is 1. The van der Waals surface area contributed by atoms with Crippen molar-refractivity contribution in [1.29, 1.82) is 0 Å². The van der Waals surface area contributed by atoms with Crippen LogP contribution in [0.1, 0.15) is 33.1 Å². The molecule has 0 fully saturated rings. The van der Waals surface area contributed by atoms with E-state index in [0.29, 0.717) is 12.2 Å². The molecule has 1 atom stereocenters. The Labute approximate surface area is 62.8 Å². The summed E-state index contributed by atoms with van der Waals surface area (Å²) in [5, 5.41) is 0. The van der Waals surface area contributed by atoms with Crippen molar-refractivity contribution in [3.63, 3.8) is 0 Å². The van der Waals surface area contributed by atoms with Crippen molar-refractivity contribution in [3.8, 4) is 11.8 Å². The van der Waals surface area contributed by atoms with Crippen molar-refractivity contribution < 1.29 is 4.79 Å². The SMILES string of the molecule is CCCCC(C)C#CC=O. The quantitative estimate of drug-likeness (QED) is 0.430. The molecule has 0 saturated heterocycles. The van der Waals surface area contributed by atoms with Gasteiger partial charge in [0.15, 0.2) is 6.29 Å². The Hall–Kier alpha value is -0.770. The third-order valence-corrected chi connectivity index (χ3v) is 1.38. The van der Waals surface area contributed by atoms with Crippen molar-refractivity contribution in [2.24, 2.45) is 5.92 Å². The lowest BCUT2D eigenvalue weighted by Gasteiger charge is -1.99. The molecule has 0 aliphatic rings. The van der Waals surface area contributed by atoms with Gasteiger partial charge in [0.2, 0.25) is 0 Å². The van der Waals surface area contributed by atoms with Gasteiger partial charge < -0.3 is 0 Å². The molecule has 0 spiro atoms. The van der Waals surface area contributed by atoms with Crippen LogP contribution in [0.2, 0.25) is 0 Å². The lowest BCUT2D eigenvalue weighted by atomic mass is 10.1. The fourth-order valence-electron chi connectivity index (χ4n) is 0.759. The zero-order chi connectivity index (χ0) is 7.82. The smallest absolute Gasteiger partial charge is 0.192 e. The molecular formula is C9H14O. The lowest BCUT2D eigenvalue weighted by molar-refractivity contribution is -0.103. The van der Waals surface area contributed by atoms with Crippen LogP contribution in [0.25, 0.3) is 0 Å². The molecule has 0 radical (unpaired) electrons. The normalized spacial score (nSPS) is 11.4. The molecule has 0 aliphatic carbocycles. The number of carbonyl (C=O) groups is 1. The van der Waals surface area contributed by atoms with Gasteiger partial charge in [-0.3, -0.25) is 4.79 Å². The summed E-state index contributed by atoms with van der Waals surface area (Å²) in [6, 6.07) is 0. The molecule has 0 saturated carbocycles. The average Bonchev–Trinajstić information content (AvgIpc) is 1.97. The second kappa shape index (κ2) is 6.35. The Bertz CT molecular complexity index is 139. The van der Waals surface area contributed by atoms with E-state index in [9.17, 15) is 4.79 Å². The van der Waals surface area contributed by atoms with E-state index in [1.165, 1.54) is 12.8 Å². The van der Waals surface area contributed by atoms with Gasteiger partial charge >= 0.3 is 0 Å². The fourth-order valence-corrected chi connectivity index (χ4v) is 0.759. The molecule has 10 heavy (non-hydrogen) atoms. The van der Waals surface area contributed by atoms with Crippen LogP contribution in [0.3, 0.4) is 0 Å². The van der Waals surface area contributed by atoms with Gasteiger partial charge in [-0.25, -0.2) is 0 Å². The second-order valence-corrected chi connectivity index (χ2v) is 2.45. The first-order chi connectivity index (χ1) is 4.81. The molecule has 0 aliphatic heterocycles. The van der Waals surface area contributed by atoms with Gasteiger partial charge in [-0.1, -0.05) is 32.6 Å². The monoisotopic (exact) mass is 138 g/mol. The van der Waals surface area contributed by atoms with Gasteiger partial charge in [-0.15, -0.1) is 0 Å². The molecule has 0 amide bonds. The predicted octanol–water partition coefficient (Wildman–Crippen LogP) is 2.02. The third kappa shape index (κ3) is 5.37. The second-order valence-electron chi connectivity index (χ2n) is 2.45. The maximum atomic E-state index is 9.81. The maximum absolute atomic E-state index is 9.81. The van der Waals surface area contributed by atoms with Crippen LogP contribution in [0, 0.1) is 17.8 Å². The van der Waals surface area contributed by atoms with Gasteiger partial charge in [0.1, 0.15) is 0 Å². The minimum Gasteiger partial charge on any atom is -0.289 e. The molecule has 0 aromatic carbocycles. The first-order valence-electron chi connectivity index (χ1n) is 3.76. The summed E-state index contributed by atoms with van der Waals surface area (Å²) in [7, 11) is 0. The van der Waals surface area contributed by atoms with Crippen LogP contribution < -0.4 is 0 Å². The molecule has 0 aromatic rings. The Morgan fingerprint density at radius 1 is 1.60 bits per heavy atom. The van der Waals surface area contributed by atoms with Gasteiger partial charge in [0.25, 0.3) is 0 Å². The highest BCUT2D eigenvalue weighted by molar-refractivity contribution is 5.72. The Morgan fingerprint density at radius 2 is 2.30 bits per heavy atom. The van der Waals surface area contributed by atoms with Crippen LogP contribution in [0.4, 0.5) is 0 Å². The summed E-state index contributed by atoms with van der Waals surface area (Å²) in [5.74, 6) is 5.66. The minimum absolute atomic E-state index is 0.380. The zero-order valence-corrected chi connectivity index (χ0v) is 6.68. The number of unbranched alkanes of at least 4 members (excludes halogenated alkanes) is 1. The van der Waals surface area contributed by atoms with Crippen LogP contribution in [0.15, 0.2) is 0 Å². The molecule has 0 N–H and O–H groups in total. The van der Waals surface area contributed by atoms with Gasteiger partial charge in [-0.05, 0) is 12.3 Å². The van der Waals surface area contributed by atoms with E-state index in [0.717, 1.165) is 6.42 Å². The fraction of sp³-hybridized carbons (Fsp3) is 0.667. The maximum Gasteiger partial charge on any atom is 0.192 e. The first-order valence-corrected chi connectivity index (χ1v) is 3.76. The zero-order valence-electron chi connectivity index (χ0n) is 6.68. The molecule has 1 unspecified atom stereocenters. The van der Waals surface area contributed by atoms with E-state index < -0.39 is 0 Å². The summed E-state index contributed by atoms with van der Waals surface area (Å²) in [6.07, 6.45) is 4.17.